The summed E-state index contributed by atoms with van der Waals surface area (Å²) in [7, 11) is -3.39. The van der Waals surface area contributed by atoms with Crippen LogP contribution in [0.5, 0.6) is 0 Å². The fourth-order valence-corrected chi connectivity index (χ4v) is 3.00. The molecule has 0 aromatic carbocycles. The maximum atomic E-state index is 11.8. The Kier molecular flexibility index (Phi) is 4.28. The van der Waals surface area contributed by atoms with Crippen molar-refractivity contribution >= 4 is 16.1 Å². The average molecular weight is 249 g/mol. The van der Waals surface area contributed by atoms with Crippen molar-refractivity contribution < 1.29 is 13.2 Å². The summed E-state index contributed by atoms with van der Waals surface area (Å²) in [6, 6.07) is -0.115. The van der Waals surface area contributed by atoms with E-state index in [1.54, 1.807) is 18.7 Å². The highest BCUT2D eigenvalue weighted by Crippen LogP contribution is 2.06. The molecule has 0 spiro atoms. The molecule has 1 rings (SSSR count). The van der Waals surface area contributed by atoms with Gasteiger partial charge in [0.15, 0.2) is 0 Å². The van der Waals surface area contributed by atoms with Crippen LogP contribution in [0.2, 0.25) is 0 Å². The van der Waals surface area contributed by atoms with Gasteiger partial charge in [-0.2, -0.15) is 17.4 Å². The molecule has 0 aromatic rings. The van der Waals surface area contributed by atoms with Gasteiger partial charge in [-0.1, -0.05) is 0 Å². The molecule has 1 saturated heterocycles. The second-order valence-corrected chi connectivity index (χ2v) is 5.88. The van der Waals surface area contributed by atoms with Crippen LogP contribution in [0.15, 0.2) is 0 Å². The normalized spacial score (nSPS) is 19.1. The van der Waals surface area contributed by atoms with Gasteiger partial charge >= 0.3 is 0 Å². The third-order valence-corrected chi connectivity index (χ3v) is 4.22. The number of nitrogens with one attached hydrogen (secondary N) is 1. The predicted octanol–water partition coefficient (Wildman–Crippen LogP) is -0.607. The third-order valence-electron chi connectivity index (χ3n) is 2.41. The first-order valence-electron chi connectivity index (χ1n) is 5.36. The van der Waals surface area contributed by atoms with Crippen molar-refractivity contribution in [2.75, 3.05) is 26.2 Å². The summed E-state index contributed by atoms with van der Waals surface area (Å²) in [4.78, 5) is 12.7. The van der Waals surface area contributed by atoms with E-state index in [0.717, 1.165) is 0 Å². The molecule has 1 fully saturated rings. The van der Waals surface area contributed by atoms with E-state index in [4.69, 9.17) is 0 Å². The number of carbonyl (C=O) groups is 1. The molecule has 0 radical (unpaired) electrons. The minimum atomic E-state index is -3.39. The summed E-state index contributed by atoms with van der Waals surface area (Å²) in [5, 5.41) is 0. The van der Waals surface area contributed by atoms with Gasteiger partial charge in [-0.15, -0.1) is 0 Å². The second-order valence-electron chi connectivity index (χ2n) is 4.18. The highest BCUT2D eigenvalue weighted by molar-refractivity contribution is 7.87. The van der Waals surface area contributed by atoms with Crippen LogP contribution in [-0.4, -0.2) is 55.8 Å². The first kappa shape index (κ1) is 13.4. The number of nitrogens with zero attached hydrogens (tertiary/aromatic N) is 2. The van der Waals surface area contributed by atoms with E-state index in [-0.39, 0.29) is 11.9 Å². The highest BCUT2D eigenvalue weighted by Gasteiger charge is 2.27. The van der Waals surface area contributed by atoms with E-state index < -0.39 is 10.2 Å². The Morgan fingerprint density at radius 1 is 1.19 bits per heavy atom. The zero-order valence-corrected chi connectivity index (χ0v) is 10.7. The van der Waals surface area contributed by atoms with Crippen LogP contribution in [0.4, 0.5) is 0 Å². The van der Waals surface area contributed by atoms with E-state index >= 15 is 0 Å². The van der Waals surface area contributed by atoms with Crippen molar-refractivity contribution in [3.8, 4) is 0 Å². The Bertz CT molecular complexity index is 345. The zero-order chi connectivity index (χ0) is 12.3. The van der Waals surface area contributed by atoms with E-state index in [0.29, 0.717) is 26.2 Å². The maximum Gasteiger partial charge on any atom is 0.279 e. The smallest absolute Gasteiger partial charge is 0.279 e. The molecule has 0 atom stereocenters. The van der Waals surface area contributed by atoms with Crippen LogP contribution in [0.3, 0.4) is 0 Å². The molecule has 16 heavy (non-hydrogen) atoms. The molecule has 94 valence electrons. The quantitative estimate of drug-likeness (QED) is 0.725. The number of carbonyl (C=O) groups excluding carboxylic acids is 1. The largest absolute Gasteiger partial charge is 0.340 e. The summed E-state index contributed by atoms with van der Waals surface area (Å²) in [6.45, 7) is 6.72. The molecule has 1 N–H and O–H groups in total. The van der Waals surface area contributed by atoms with Crippen molar-refractivity contribution in [3.63, 3.8) is 0 Å². The molecule has 1 heterocycles. The van der Waals surface area contributed by atoms with Crippen LogP contribution in [0.25, 0.3) is 0 Å². The Morgan fingerprint density at radius 3 is 2.06 bits per heavy atom. The molecule has 7 heteroatoms. The number of rotatable bonds is 3. The van der Waals surface area contributed by atoms with Crippen molar-refractivity contribution in [3.05, 3.63) is 0 Å². The molecule has 6 nitrogen and oxygen atoms in total. The Hall–Kier alpha value is -0.660. The van der Waals surface area contributed by atoms with Crippen LogP contribution >= 0.6 is 0 Å². The van der Waals surface area contributed by atoms with Crippen molar-refractivity contribution in [1.82, 2.24) is 13.9 Å². The van der Waals surface area contributed by atoms with Gasteiger partial charge < -0.3 is 4.90 Å². The molecule has 0 unspecified atom stereocenters. The predicted molar refractivity (Wildman–Crippen MR) is 61.0 cm³/mol. The summed E-state index contributed by atoms with van der Waals surface area (Å²) in [5.74, 6) is -0.00568. The lowest BCUT2D eigenvalue weighted by atomic mass is 10.3. The summed E-state index contributed by atoms with van der Waals surface area (Å²) in [5.41, 5.74) is 0. The van der Waals surface area contributed by atoms with Crippen LogP contribution in [0, 0.1) is 0 Å². The number of amides is 1. The van der Waals surface area contributed by atoms with Gasteiger partial charge in [0.1, 0.15) is 0 Å². The Labute approximate surface area is 96.8 Å². The fourth-order valence-electron chi connectivity index (χ4n) is 1.62. The maximum absolute atomic E-state index is 11.8. The Balaban J connectivity index is 2.56. The standard InChI is InChI=1S/C9H19N3O3S/c1-8(2)10-16(14,15)12-6-4-11(5-7-12)9(3)13/h8,10H,4-7H2,1-3H3. The molecule has 1 aliphatic rings. The fraction of sp³-hybridized carbons (Fsp3) is 0.889. The molecule has 1 amide bonds. The van der Waals surface area contributed by atoms with Gasteiger partial charge in [-0.05, 0) is 13.8 Å². The van der Waals surface area contributed by atoms with Crippen LogP contribution in [0.1, 0.15) is 20.8 Å². The van der Waals surface area contributed by atoms with E-state index in [2.05, 4.69) is 4.72 Å². The van der Waals surface area contributed by atoms with Crippen LogP contribution < -0.4 is 4.72 Å². The van der Waals surface area contributed by atoms with Gasteiger partial charge in [0.25, 0.3) is 10.2 Å². The minimum absolute atomic E-state index is 0.00568. The third kappa shape index (κ3) is 3.43. The topological polar surface area (TPSA) is 69.7 Å². The van der Waals surface area contributed by atoms with E-state index in [9.17, 15) is 13.2 Å². The van der Waals surface area contributed by atoms with Gasteiger partial charge in [0, 0.05) is 39.1 Å². The van der Waals surface area contributed by atoms with Gasteiger partial charge in [-0.3, -0.25) is 4.79 Å². The lowest BCUT2D eigenvalue weighted by Crippen LogP contribution is -2.53. The second kappa shape index (κ2) is 5.11. The van der Waals surface area contributed by atoms with Crippen molar-refractivity contribution in [2.24, 2.45) is 0 Å². The minimum Gasteiger partial charge on any atom is -0.340 e. The van der Waals surface area contributed by atoms with E-state index in [1.165, 1.54) is 11.2 Å². The zero-order valence-electron chi connectivity index (χ0n) is 9.93. The number of hydrogen-bond acceptors (Lipinski definition) is 3. The Morgan fingerprint density at radius 2 is 1.69 bits per heavy atom. The first-order valence-corrected chi connectivity index (χ1v) is 6.80. The van der Waals surface area contributed by atoms with Crippen LogP contribution in [-0.2, 0) is 15.0 Å². The molecule has 0 saturated carbocycles. The summed E-state index contributed by atoms with van der Waals surface area (Å²) in [6.07, 6.45) is 0. The summed E-state index contributed by atoms with van der Waals surface area (Å²) < 4.78 is 27.5. The summed E-state index contributed by atoms with van der Waals surface area (Å²) >= 11 is 0. The average Bonchev–Trinajstić information content (AvgIpc) is 2.16. The van der Waals surface area contributed by atoms with E-state index in [1.807, 2.05) is 0 Å². The highest BCUT2D eigenvalue weighted by atomic mass is 32.2. The number of hydrogen-bond donors (Lipinski definition) is 1. The lowest BCUT2D eigenvalue weighted by Gasteiger charge is -2.33. The molecule has 0 aliphatic carbocycles. The van der Waals surface area contributed by atoms with Gasteiger partial charge in [0.2, 0.25) is 5.91 Å². The first-order chi connectivity index (χ1) is 7.33. The number of piperazine rings is 1. The van der Waals surface area contributed by atoms with Crippen molar-refractivity contribution in [2.45, 2.75) is 26.8 Å². The lowest BCUT2D eigenvalue weighted by molar-refractivity contribution is -0.129. The molecular weight excluding hydrogens is 230 g/mol. The monoisotopic (exact) mass is 249 g/mol. The van der Waals surface area contributed by atoms with Gasteiger partial charge in [0.05, 0.1) is 0 Å². The molecule has 0 bridgehead atoms. The van der Waals surface area contributed by atoms with Gasteiger partial charge in [-0.25, -0.2) is 0 Å². The molecule has 0 aromatic heterocycles. The molecular formula is C9H19N3O3S. The SMILES string of the molecule is CC(=O)N1CCN(S(=O)(=O)NC(C)C)CC1. The van der Waals surface area contributed by atoms with Crippen molar-refractivity contribution in [1.29, 1.82) is 0 Å². The molecule has 1 aliphatic heterocycles.